The second-order valence-corrected chi connectivity index (χ2v) is 6.82. The average Bonchev–Trinajstić information content (AvgIpc) is 3.21. The minimum absolute atomic E-state index is 0.0353. The number of piperazine rings is 1. The van der Waals surface area contributed by atoms with Gasteiger partial charge in [0, 0.05) is 52.5 Å². The first-order chi connectivity index (χ1) is 14.1. The van der Waals surface area contributed by atoms with E-state index in [0.29, 0.717) is 45.9 Å². The molecule has 0 saturated carbocycles. The van der Waals surface area contributed by atoms with Crippen molar-refractivity contribution in [1.29, 1.82) is 0 Å². The Morgan fingerprint density at radius 2 is 2.00 bits per heavy atom. The fourth-order valence-electron chi connectivity index (χ4n) is 3.14. The Balaban J connectivity index is 1.48. The van der Waals surface area contributed by atoms with Gasteiger partial charge in [0.15, 0.2) is 11.5 Å². The third-order valence-electron chi connectivity index (χ3n) is 4.74. The number of hydrogen-bond donors (Lipinski definition) is 1. The first kappa shape index (κ1) is 20.9. The second-order valence-electron chi connectivity index (χ2n) is 6.82. The molecule has 1 aliphatic heterocycles. The van der Waals surface area contributed by atoms with Crippen LogP contribution in [0.1, 0.15) is 16.9 Å². The summed E-state index contributed by atoms with van der Waals surface area (Å²) >= 11 is 0. The number of carbonyl (C=O) groups is 2. The number of methoxy groups -OCH3 is 1. The number of amides is 2. The van der Waals surface area contributed by atoms with E-state index in [1.54, 1.807) is 30.2 Å². The molecular weight excluding hydrogens is 379 g/mol. The quantitative estimate of drug-likeness (QED) is 0.669. The van der Waals surface area contributed by atoms with E-state index in [-0.39, 0.29) is 28.8 Å². The summed E-state index contributed by atoms with van der Waals surface area (Å²) in [6.07, 6.45) is 0.775. The number of nitrogens with one attached hydrogen (secondary N) is 1. The maximum absolute atomic E-state index is 13.9. The number of aromatic nitrogens is 1. The van der Waals surface area contributed by atoms with Crippen LogP contribution in [-0.2, 0) is 9.53 Å². The van der Waals surface area contributed by atoms with Gasteiger partial charge in [0.2, 0.25) is 5.91 Å². The number of hydrogen-bond acceptors (Lipinski definition) is 6. The molecule has 29 heavy (non-hydrogen) atoms. The van der Waals surface area contributed by atoms with Gasteiger partial charge >= 0.3 is 0 Å². The molecule has 0 aliphatic carbocycles. The van der Waals surface area contributed by atoms with Crippen molar-refractivity contribution in [3.8, 4) is 11.3 Å². The largest absolute Gasteiger partial charge is 0.385 e. The Kier molecular flexibility index (Phi) is 7.31. The van der Waals surface area contributed by atoms with Gasteiger partial charge in [-0.25, -0.2) is 4.39 Å². The smallest absolute Gasteiger partial charge is 0.276 e. The Labute approximate surface area is 168 Å². The molecule has 1 N–H and O–H groups in total. The van der Waals surface area contributed by atoms with Gasteiger partial charge in [0.1, 0.15) is 5.82 Å². The lowest BCUT2D eigenvalue weighted by Gasteiger charge is -2.33. The number of benzene rings is 1. The number of halogens is 1. The number of nitrogens with zero attached hydrogens (tertiary/aromatic N) is 3. The maximum atomic E-state index is 13.9. The Morgan fingerprint density at radius 1 is 1.24 bits per heavy atom. The van der Waals surface area contributed by atoms with E-state index in [0.717, 1.165) is 6.42 Å². The van der Waals surface area contributed by atoms with Crippen LogP contribution in [-0.4, -0.2) is 79.8 Å². The molecule has 0 atom stereocenters. The zero-order valence-electron chi connectivity index (χ0n) is 16.4. The molecule has 2 heterocycles. The van der Waals surface area contributed by atoms with Crippen LogP contribution in [0.2, 0.25) is 0 Å². The summed E-state index contributed by atoms with van der Waals surface area (Å²) in [6.45, 7) is 3.65. The van der Waals surface area contributed by atoms with Crippen molar-refractivity contribution < 1.29 is 23.2 Å². The van der Waals surface area contributed by atoms with Crippen LogP contribution in [0.4, 0.5) is 4.39 Å². The highest BCUT2D eigenvalue weighted by Crippen LogP contribution is 2.23. The standard InChI is InChI=1S/C20H25FN4O4/c1-28-12-4-7-22-19(26)14-24-8-10-25(11-9-24)20(27)17-13-18(29-23-17)15-5-2-3-6-16(15)21/h2-3,5-6,13H,4,7-12,14H2,1H3,(H,22,26). The van der Waals surface area contributed by atoms with E-state index in [1.807, 2.05) is 4.90 Å². The fraction of sp³-hybridized carbons (Fsp3) is 0.450. The first-order valence-corrected chi connectivity index (χ1v) is 9.57. The van der Waals surface area contributed by atoms with Crippen LogP contribution >= 0.6 is 0 Å². The Bertz CT molecular complexity index is 833. The molecule has 2 amide bonds. The Hall–Kier alpha value is -2.78. The van der Waals surface area contributed by atoms with Crippen molar-refractivity contribution in [2.24, 2.45) is 0 Å². The third-order valence-corrected chi connectivity index (χ3v) is 4.74. The molecule has 9 heteroatoms. The number of rotatable bonds is 8. The van der Waals surface area contributed by atoms with Gasteiger partial charge in [-0.15, -0.1) is 0 Å². The molecule has 1 fully saturated rings. The summed E-state index contributed by atoms with van der Waals surface area (Å²) in [6, 6.07) is 7.63. The normalized spacial score (nSPS) is 14.8. The van der Waals surface area contributed by atoms with E-state index >= 15 is 0 Å². The summed E-state index contributed by atoms with van der Waals surface area (Å²) in [4.78, 5) is 28.3. The van der Waals surface area contributed by atoms with E-state index in [9.17, 15) is 14.0 Å². The van der Waals surface area contributed by atoms with Crippen LogP contribution in [0.3, 0.4) is 0 Å². The van der Waals surface area contributed by atoms with Crippen molar-refractivity contribution >= 4 is 11.8 Å². The average molecular weight is 404 g/mol. The van der Waals surface area contributed by atoms with Crippen molar-refractivity contribution in [2.75, 3.05) is 53.0 Å². The molecule has 1 aromatic heterocycles. The van der Waals surface area contributed by atoms with Crippen molar-refractivity contribution in [3.63, 3.8) is 0 Å². The van der Waals surface area contributed by atoms with Crippen molar-refractivity contribution in [1.82, 2.24) is 20.3 Å². The summed E-state index contributed by atoms with van der Waals surface area (Å²) in [5, 5.41) is 6.66. The van der Waals surface area contributed by atoms with Crippen LogP contribution < -0.4 is 5.32 Å². The van der Waals surface area contributed by atoms with Gasteiger partial charge in [-0.2, -0.15) is 0 Å². The van der Waals surface area contributed by atoms with E-state index in [1.165, 1.54) is 12.1 Å². The van der Waals surface area contributed by atoms with Crippen molar-refractivity contribution in [2.45, 2.75) is 6.42 Å². The van der Waals surface area contributed by atoms with Crippen LogP contribution in [0.5, 0.6) is 0 Å². The molecule has 2 aromatic rings. The molecule has 1 aromatic carbocycles. The topological polar surface area (TPSA) is 87.9 Å². The molecule has 3 rings (SSSR count). The minimum atomic E-state index is -0.434. The molecule has 8 nitrogen and oxygen atoms in total. The highest BCUT2D eigenvalue weighted by molar-refractivity contribution is 5.93. The van der Waals surface area contributed by atoms with Gasteiger partial charge in [-0.05, 0) is 18.6 Å². The van der Waals surface area contributed by atoms with Crippen LogP contribution in [0.25, 0.3) is 11.3 Å². The molecule has 156 valence electrons. The zero-order chi connectivity index (χ0) is 20.6. The second kappa shape index (κ2) is 10.1. The highest BCUT2D eigenvalue weighted by Gasteiger charge is 2.26. The number of ether oxygens (including phenoxy) is 1. The maximum Gasteiger partial charge on any atom is 0.276 e. The van der Waals surface area contributed by atoms with Gasteiger partial charge in [-0.1, -0.05) is 17.3 Å². The van der Waals surface area contributed by atoms with E-state index < -0.39 is 5.82 Å². The summed E-state index contributed by atoms with van der Waals surface area (Å²) in [5.41, 5.74) is 0.410. The van der Waals surface area contributed by atoms with Gasteiger partial charge in [0.25, 0.3) is 5.91 Å². The lowest BCUT2D eigenvalue weighted by Crippen LogP contribution is -2.51. The molecule has 0 radical (unpaired) electrons. The lowest BCUT2D eigenvalue weighted by molar-refractivity contribution is -0.122. The SMILES string of the molecule is COCCCNC(=O)CN1CCN(C(=O)c2cc(-c3ccccc3F)on2)CC1. The van der Waals surface area contributed by atoms with E-state index in [4.69, 9.17) is 9.26 Å². The predicted molar refractivity (Wildman–Crippen MR) is 104 cm³/mol. The van der Waals surface area contributed by atoms with E-state index in [2.05, 4.69) is 10.5 Å². The molecule has 1 saturated heterocycles. The molecule has 0 unspecified atom stereocenters. The van der Waals surface area contributed by atoms with Crippen molar-refractivity contribution in [3.05, 3.63) is 41.8 Å². The third kappa shape index (κ3) is 5.61. The fourth-order valence-corrected chi connectivity index (χ4v) is 3.14. The van der Waals surface area contributed by atoms with Crippen LogP contribution in [0, 0.1) is 5.82 Å². The molecule has 1 aliphatic rings. The Morgan fingerprint density at radius 3 is 2.72 bits per heavy atom. The van der Waals surface area contributed by atoms with Gasteiger partial charge in [0.05, 0.1) is 12.1 Å². The molecule has 0 spiro atoms. The minimum Gasteiger partial charge on any atom is -0.385 e. The highest BCUT2D eigenvalue weighted by atomic mass is 19.1. The monoisotopic (exact) mass is 404 g/mol. The summed E-state index contributed by atoms with van der Waals surface area (Å²) in [7, 11) is 1.63. The zero-order valence-corrected chi connectivity index (χ0v) is 16.4. The molecule has 0 bridgehead atoms. The summed E-state index contributed by atoms with van der Waals surface area (Å²) < 4.78 is 24.0. The first-order valence-electron chi connectivity index (χ1n) is 9.57. The lowest BCUT2D eigenvalue weighted by atomic mass is 10.1. The number of carbonyl (C=O) groups excluding carboxylic acids is 2. The van der Waals surface area contributed by atoms with Gasteiger partial charge in [-0.3, -0.25) is 14.5 Å². The van der Waals surface area contributed by atoms with Crippen LogP contribution in [0.15, 0.2) is 34.9 Å². The van der Waals surface area contributed by atoms with Gasteiger partial charge < -0.3 is 19.5 Å². The predicted octanol–water partition coefficient (Wildman–Crippen LogP) is 1.39. The molecular formula is C20H25FN4O4. The summed E-state index contributed by atoms with van der Waals surface area (Å²) in [5.74, 6) is -0.515.